The van der Waals surface area contributed by atoms with Gasteiger partial charge in [-0.05, 0) is 19.9 Å². The highest BCUT2D eigenvalue weighted by molar-refractivity contribution is 5.95. The van der Waals surface area contributed by atoms with Crippen molar-refractivity contribution < 1.29 is 26.7 Å². The third-order valence-corrected chi connectivity index (χ3v) is 6.05. The number of aryl methyl sites for hydroxylation is 1. The number of anilines is 1. The Labute approximate surface area is 196 Å². The molecule has 1 aliphatic rings. The number of aromatic nitrogens is 4. The molecule has 3 aromatic rings. The molecule has 2 N–H and O–H groups in total. The first-order valence-electron chi connectivity index (χ1n) is 10.5. The van der Waals surface area contributed by atoms with Gasteiger partial charge in [0.25, 0.3) is 5.91 Å². The number of alkyl halides is 3. The van der Waals surface area contributed by atoms with Crippen molar-refractivity contribution in [2.45, 2.75) is 38.0 Å². The summed E-state index contributed by atoms with van der Waals surface area (Å²) >= 11 is 0. The first-order chi connectivity index (χ1) is 16.4. The summed E-state index contributed by atoms with van der Waals surface area (Å²) < 4.78 is 69.1. The number of rotatable bonds is 6. The minimum Gasteiger partial charge on any atom is -0.364 e. The van der Waals surface area contributed by atoms with E-state index in [0.29, 0.717) is 13.0 Å². The van der Waals surface area contributed by atoms with Crippen molar-refractivity contribution in [1.82, 2.24) is 25.3 Å². The maximum absolute atomic E-state index is 14.8. The molecule has 0 spiro atoms. The molecule has 1 atom stereocenters. The smallest absolute Gasteiger partial charge is 0.364 e. The van der Waals surface area contributed by atoms with E-state index < -0.39 is 40.9 Å². The van der Waals surface area contributed by atoms with E-state index in [9.17, 15) is 32.0 Å². The largest absolute Gasteiger partial charge is 0.408 e. The van der Waals surface area contributed by atoms with Gasteiger partial charge in [-0.1, -0.05) is 0 Å². The lowest BCUT2D eigenvalue weighted by molar-refractivity contribution is -0.149. The highest BCUT2D eigenvalue weighted by Crippen LogP contribution is 2.38. The molecule has 1 amide bonds. The monoisotopic (exact) mass is 493 g/mol. The lowest BCUT2D eigenvalue weighted by Gasteiger charge is -2.50. The van der Waals surface area contributed by atoms with E-state index in [0.717, 1.165) is 22.9 Å². The van der Waals surface area contributed by atoms with Crippen LogP contribution < -0.4 is 10.2 Å². The molecule has 1 saturated heterocycles. The van der Waals surface area contributed by atoms with E-state index in [1.807, 2.05) is 6.92 Å². The molecule has 0 unspecified atom stereocenters. The van der Waals surface area contributed by atoms with Gasteiger partial charge >= 0.3 is 6.18 Å². The number of nitriles is 1. The Balaban J connectivity index is 1.54. The Kier molecular flexibility index (Phi) is 6.00. The van der Waals surface area contributed by atoms with Crippen molar-refractivity contribution >= 4 is 11.6 Å². The molecule has 35 heavy (non-hydrogen) atoms. The van der Waals surface area contributed by atoms with Crippen LogP contribution in [0.1, 0.15) is 29.4 Å². The molecule has 184 valence electrons. The van der Waals surface area contributed by atoms with E-state index in [2.05, 4.69) is 21.4 Å². The summed E-state index contributed by atoms with van der Waals surface area (Å²) in [7, 11) is 0. The zero-order valence-electron chi connectivity index (χ0n) is 18.6. The number of halogens is 5. The highest BCUT2D eigenvalue weighted by atomic mass is 19.4. The van der Waals surface area contributed by atoms with Gasteiger partial charge in [-0.25, -0.2) is 8.78 Å². The van der Waals surface area contributed by atoms with Crippen LogP contribution in [0.3, 0.4) is 0 Å². The highest BCUT2D eigenvalue weighted by Gasteiger charge is 2.46. The lowest BCUT2D eigenvalue weighted by Crippen LogP contribution is -2.63. The number of carbonyl (C=O) groups is 1. The van der Waals surface area contributed by atoms with Crippen LogP contribution in [-0.2, 0) is 5.54 Å². The second-order valence-corrected chi connectivity index (χ2v) is 8.52. The van der Waals surface area contributed by atoms with Gasteiger partial charge in [0, 0.05) is 42.2 Å². The predicted molar refractivity (Wildman–Crippen MR) is 114 cm³/mol. The molecular weight excluding hydrogens is 473 g/mol. The topological polar surface area (TPSA) is 103 Å². The van der Waals surface area contributed by atoms with E-state index in [1.54, 1.807) is 28.6 Å². The van der Waals surface area contributed by atoms with Crippen LogP contribution in [0.4, 0.5) is 27.6 Å². The van der Waals surface area contributed by atoms with Gasteiger partial charge in [-0.3, -0.25) is 14.6 Å². The molecule has 13 heteroatoms. The summed E-state index contributed by atoms with van der Waals surface area (Å²) in [5.74, 6) is -3.52. The van der Waals surface area contributed by atoms with Crippen molar-refractivity contribution in [3.8, 4) is 17.2 Å². The van der Waals surface area contributed by atoms with Crippen LogP contribution in [-0.4, -0.2) is 51.2 Å². The summed E-state index contributed by atoms with van der Waals surface area (Å²) in [6.07, 6.45) is 0.337. The summed E-state index contributed by atoms with van der Waals surface area (Å²) in [5, 5.41) is 22.1. The quantitative estimate of drug-likeness (QED) is 0.511. The zero-order valence-corrected chi connectivity index (χ0v) is 18.6. The van der Waals surface area contributed by atoms with E-state index in [4.69, 9.17) is 0 Å². The summed E-state index contributed by atoms with van der Waals surface area (Å²) in [4.78, 5) is 13.5. The number of carbonyl (C=O) groups excluding carboxylic acids is 1. The second-order valence-electron chi connectivity index (χ2n) is 8.52. The number of H-pyrrole nitrogens is 1. The molecule has 0 radical (unpaired) electrons. The van der Waals surface area contributed by atoms with Crippen molar-refractivity contribution in [2.24, 2.45) is 0 Å². The number of aromatic amines is 1. The van der Waals surface area contributed by atoms with Crippen molar-refractivity contribution in [3.05, 3.63) is 53.6 Å². The molecule has 1 fully saturated rings. The fourth-order valence-electron chi connectivity index (χ4n) is 3.99. The number of hydrogen-bond donors (Lipinski definition) is 2. The minimum absolute atomic E-state index is 0.0505. The lowest BCUT2D eigenvalue weighted by atomic mass is 9.86. The third-order valence-electron chi connectivity index (χ3n) is 6.05. The fraction of sp³-hybridized carbons (Fsp3) is 0.364. The number of hydrogen-bond acceptors (Lipinski definition) is 5. The molecule has 1 aliphatic heterocycles. The molecule has 0 aliphatic carbocycles. The molecule has 0 saturated carbocycles. The van der Waals surface area contributed by atoms with Crippen molar-refractivity contribution in [2.75, 3.05) is 18.0 Å². The number of nitrogens with one attached hydrogen (secondary N) is 2. The Morgan fingerprint density at radius 3 is 2.60 bits per heavy atom. The van der Waals surface area contributed by atoms with Crippen molar-refractivity contribution in [1.29, 1.82) is 5.26 Å². The predicted octanol–water partition coefficient (Wildman–Crippen LogP) is 3.67. The van der Waals surface area contributed by atoms with Gasteiger partial charge in [0.1, 0.15) is 23.2 Å². The molecule has 3 heterocycles. The molecular formula is C22H20F5N7O. The van der Waals surface area contributed by atoms with Gasteiger partial charge in [0.05, 0.1) is 36.1 Å². The standard InChI is InChI=1S/C22H20F5N7O/c1-12-16(8-29-32-12)14-7-30-34(9-14)21(3-4-28)10-33(11-21)19-6-17(23)15(5-18(19)24)20(35)31-13(2)22(25,26)27/h5-9,13H,3,10-11H2,1-2H3,(H,29,32)(H,31,35)/t13-/m0/s1. The van der Waals surface area contributed by atoms with Crippen LogP contribution in [0, 0.1) is 29.9 Å². The van der Waals surface area contributed by atoms with Gasteiger partial charge in [-0.15, -0.1) is 0 Å². The Hall–Kier alpha value is -3.95. The molecule has 2 aromatic heterocycles. The number of nitrogens with zero attached hydrogens (tertiary/aromatic N) is 5. The molecule has 0 bridgehead atoms. The first kappa shape index (κ1) is 24.2. The average molecular weight is 493 g/mol. The summed E-state index contributed by atoms with van der Waals surface area (Å²) in [5.41, 5.74) is 0.633. The maximum Gasteiger partial charge on any atom is 0.408 e. The first-order valence-corrected chi connectivity index (χ1v) is 10.5. The van der Waals surface area contributed by atoms with E-state index in [-0.39, 0.29) is 25.2 Å². The maximum atomic E-state index is 14.8. The number of benzene rings is 1. The Morgan fingerprint density at radius 2 is 2.00 bits per heavy atom. The van der Waals surface area contributed by atoms with Gasteiger partial charge < -0.3 is 10.2 Å². The van der Waals surface area contributed by atoms with Crippen molar-refractivity contribution in [3.63, 3.8) is 0 Å². The Morgan fingerprint density at radius 1 is 1.29 bits per heavy atom. The van der Waals surface area contributed by atoms with E-state index >= 15 is 0 Å². The SMILES string of the molecule is Cc1[nH]ncc1-c1cnn(C2(CC#N)CN(c3cc(F)c(C(=O)N[C@@H](C)C(F)(F)F)cc3F)C2)c1. The minimum atomic E-state index is -4.73. The van der Waals surface area contributed by atoms with E-state index in [1.165, 1.54) is 4.90 Å². The molecule has 1 aromatic carbocycles. The Bertz CT molecular complexity index is 1300. The third kappa shape index (κ3) is 4.43. The van der Waals surface area contributed by atoms with Crippen LogP contribution in [0.15, 0.2) is 30.7 Å². The summed E-state index contributed by atoms with van der Waals surface area (Å²) in [6, 6.07) is 1.20. The van der Waals surface area contributed by atoms with Gasteiger partial charge in [-0.2, -0.15) is 28.6 Å². The average Bonchev–Trinajstić information content (AvgIpc) is 3.40. The van der Waals surface area contributed by atoms with Crippen LogP contribution >= 0.6 is 0 Å². The van der Waals surface area contributed by atoms with Gasteiger partial charge in [0.2, 0.25) is 0 Å². The van der Waals surface area contributed by atoms with Crippen LogP contribution in [0.2, 0.25) is 0 Å². The van der Waals surface area contributed by atoms with Crippen LogP contribution in [0.5, 0.6) is 0 Å². The number of amides is 1. The normalized spacial score (nSPS) is 15.9. The van der Waals surface area contributed by atoms with Crippen LogP contribution in [0.25, 0.3) is 11.1 Å². The molecule has 8 nitrogen and oxygen atoms in total. The second kappa shape index (κ2) is 8.68. The summed E-state index contributed by atoms with van der Waals surface area (Å²) in [6.45, 7) is 2.79. The fourth-order valence-corrected chi connectivity index (χ4v) is 3.99. The molecule has 4 rings (SSSR count). The zero-order chi connectivity index (χ0) is 25.5. The van der Waals surface area contributed by atoms with Gasteiger partial charge in [0.15, 0.2) is 0 Å².